The van der Waals surface area contributed by atoms with E-state index in [0.29, 0.717) is 6.61 Å². The van der Waals surface area contributed by atoms with Crippen molar-refractivity contribution in [1.82, 2.24) is 10.3 Å². The number of rotatable bonds is 6. The molecule has 0 atom stereocenters. The molecule has 0 saturated heterocycles. The zero-order valence-electron chi connectivity index (χ0n) is 9.40. The van der Waals surface area contributed by atoms with Crippen molar-refractivity contribution in [2.24, 2.45) is 0 Å². The summed E-state index contributed by atoms with van der Waals surface area (Å²) in [7, 11) is 0. The third-order valence-electron chi connectivity index (χ3n) is 2.29. The summed E-state index contributed by atoms with van der Waals surface area (Å²) in [5.74, 6) is 0.747. The Labute approximate surface area is 99.5 Å². The summed E-state index contributed by atoms with van der Waals surface area (Å²) in [5, 5.41) is 6.47. The van der Waals surface area contributed by atoms with Gasteiger partial charge in [-0.25, -0.2) is 4.98 Å². The van der Waals surface area contributed by atoms with Crippen LogP contribution in [0.3, 0.4) is 0 Å². The summed E-state index contributed by atoms with van der Waals surface area (Å²) >= 11 is 1.71. The fraction of sp³-hybridized carbons (Fsp3) is 0.417. The normalized spacial score (nSPS) is 10.8. The minimum Gasteiger partial charge on any atom is -0.476 e. The summed E-state index contributed by atoms with van der Waals surface area (Å²) in [4.78, 5) is 4.25. The van der Waals surface area contributed by atoms with E-state index in [1.165, 1.54) is 4.70 Å². The molecular weight excluding hydrogens is 220 g/mol. The minimum absolute atomic E-state index is 0.669. The predicted octanol–water partition coefficient (Wildman–Crippen LogP) is 2.67. The summed E-state index contributed by atoms with van der Waals surface area (Å²) in [6.07, 6.45) is 2.95. The van der Waals surface area contributed by atoms with Crippen LogP contribution in [0.1, 0.15) is 13.3 Å². The molecule has 0 spiro atoms. The molecule has 16 heavy (non-hydrogen) atoms. The number of pyridine rings is 1. The second-order valence-electron chi connectivity index (χ2n) is 3.55. The lowest BCUT2D eigenvalue weighted by atomic mass is 10.3. The van der Waals surface area contributed by atoms with Gasteiger partial charge in [0.25, 0.3) is 0 Å². The van der Waals surface area contributed by atoms with Crippen LogP contribution >= 0.6 is 11.3 Å². The zero-order chi connectivity index (χ0) is 11.2. The molecule has 2 rings (SSSR count). The van der Waals surface area contributed by atoms with Gasteiger partial charge in [-0.05, 0) is 30.5 Å². The zero-order valence-corrected chi connectivity index (χ0v) is 10.2. The molecule has 0 aliphatic heterocycles. The van der Waals surface area contributed by atoms with Gasteiger partial charge in [0.15, 0.2) is 0 Å². The first kappa shape index (κ1) is 11.4. The van der Waals surface area contributed by atoms with E-state index in [0.717, 1.165) is 30.8 Å². The molecule has 86 valence electrons. The lowest BCUT2D eigenvalue weighted by Crippen LogP contribution is -2.21. The van der Waals surface area contributed by atoms with Crippen molar-refractivity contribution in [2.75, 3.05) is 19.7 Å². The van der Waals surface area contributed by atoms with Crippen molar-refractivity contribution >= 4 is 21.4 Å². The van der Waals surface area contributed by atoms with E-state index in [1.807, 2.05) is 6.07 Å². The second kappa shape index (κ2) is 5.82. The van der Waals surface area contributed by atoms with Crippen molar-refractivity contribution in [1.29, 1.82) is 0 Å². The van der Waals surface area contributed by atoms with Crippen LogP contribution in [0.15, 0.2) is 23.7 Å². The number of nitrogens with zero attached hydrogens (tertiary/aromatic N) is 1. The largest absolute Gasteiger partial charge is 0.476 e. The Balaban J connectivity index is 1.91. The van der Waals surface area contributed by atoms with Gasteiger partial charge in [0.2, 0.25) is 5.88 Å². The quantitative estimate of drug-likeness (QED) is 0.783. The molecule has 0 fully saturated rings. The number of fused-ring (bicyclic) bond motifs is 1. The van der Waals surface area contributed by atoms with E-state index in [4.69, 9.17) is 4.74 Å². The van der Waals surface area contributed by atoms with Crippen LogP contribution in [0.25, 0.3) is 10.1 Å². The number of hydrogen-bond acceptors (Lipinski definition) is 4. The van der Waals surface area contributed by atoms with E-state index in [2.05, 4.69) is 28.7 Å². The fourth-order valence-corrected chi connectivity index (χ4v) is 2.28. The third-order valence-corrected chi connectivity index (χ3v) is 3.17. The Morgan fingerprint density at radius 1 is 1.38 bits per heavy atom. The Kier molecular flexibility index (Phi) is 4.13. The van der Waals surface area contributed by atoms with Crippen LogP contribution in [0.4, 0.5) is 0 Å². The highest BCUT2D eigenvalue weighted by molar-refractivity contribution is 7.17. The van der Waals surface area contributed by atoms with Gasteiger partial charge in [-0.1, -0.05) is 6.92 Å². The first-order valence-electron chi connectivity index (χ1n) is 5.57. The maximum Gasteiger partial charge on any atom is 0.222 e. The molecule has 3 nitrogen and oxygen atoms in total. The Bertz CT molecular complexity index is 441. The molecule has 2 aromatic heterocycles. The Hall–Kier alpha value is -1.13. The third kappa shape index (κ3) is 2.71. The van der Waals surface area contributed by atoms with Crippen LogP contribution in [0.5, 0.6) is 5.88 Å². The Morgan fingerprint density at radius 3 is 3.19 bits per heavy atom. The van der Waals surface area contributed by atoms with Crippen LogP contribution in [-0.4, -0.2) is 24.7 Å². The van der Waals surface area contributed by atoms with Crippen molar-refractivity contribution in [2.45, 2.75) is 13.3 Å². The van der Waals surface area contributed by atoms with E-state index in [9.17, 15) is 0 Å². The summed E-state index contributed by atoms with van der Waals surface area (Å²) in [6.45, 7) is 4.74. The molecule has 1 N–H and O–H groups in total. The summed E-state index contributed by atoms with van der Waals surface area (Å²) in [6, 6.07) is 4.07. The number of ether oxygens (including phenoxy) is 1. The maximum absolute atomic E-state index is 5.66. The van der Waals surface area contributed by atoms with Gasteiger partial charge in [-0.15, -0.1) is 11.3 Å². The van der Waals surface area contributed by atoms with Gasteiger partial charge >= 0.3 is 0 Å². The van der Waals surface area contributed by atoms with Crippen LogP contribution in [-0.2, 0) is 0 Å². The number of aromatic nitrogens is 1. The molecular formula is C12H16N2OS. The summed E-state index contributed by atoms with van der Waals surface area (Å²) < 4.78 is 6.89. The fourth-order valence-electron chi connectivity index (χ4n) is 1.51. The van der Waals surface area contributed by atoms with Gasteiger partial charge in [-0.3, -0.25) is 0 Å². The second-order valence-corrected chi connectivity index (χ2v) is 4.49. The van der Waals surface area contributed by atoms with Crippen molar-refractivity contribution in [3.8, 4) is 5.88 Å². The predicted molar refractivity (Wildman–Crippen MR) is 68.3 cm³/mol. The highest BCUT2D eigenvalue weighted by atomic mass is 32.1. The molecule has 2 aromatic rings. The number of hydrogen-bond donors (Lipinski definition) is 1. The molecule has 0 amide bonds. The van der Waals surface area contributed by atoms with E-state index < -0.39 is 0 Å². The molecule has 0 aliphatic carbocycles. The van der Waals surface area contributed by atoms with E-state index >= 15 is 0 Å². The van der Waals surface area contributed by atoms with Gasteiger partial charge in [0.1, 0.15) is 6.61 Å². The number of thiophene rings is 1. The molecule has 0 radical (unpaired) electrons. The lowest BCUT2D eigenvalue weighted by molar-refractivity contribution is 0.306. The molecule has 0 unspecified atom stereocenters. The molecule has 2 heterocycles. The molecule has 0 aromatic carbocycles. The van der Waals surface area contributed by atoms with Crippen LogP contribution < -0.4 is 10.1 Å². The monoisotopic (exact) mass is 236 g/mol. The van der Waals surface area contributed by atoms with Crippen molar-refractivity contribution < 1.29 is 4.74 Å². The smallest absolute Gasteiger partial charge is 0.222 e. The molecule has 0 bridgehead atoms. The van der Waals surface area contributed by atoms with Crippen molar-refractivity contribution in [3.05, 3.63) is 23.7 Å². The average Bonchev–Trinajstić information content (AvgIpc) is 2.77. The summed E-state index contributed by atoms with van der Waals surface area (Å²) in [5.41, 5.74) is 0. The lowest BCUT2D eigenvalue weighted by Gasteiger charge is -2.06. The van der Waals surface area contributed by atoms with E-state index in [1.54, 1.807) is 17.5 Å². The van der Waals surface area contributed by atoms with Gasteiger partial charge in [0, 0.05) is 17.4 Å². The van der Waals surface area contributed by atoms with Crippen molar-refractivity contribution in [3.63, 3.8) is 0 Å². The van der Waals surface area contributed by atoms with Gasteiger partial charge in [-0.2, -0.15) is 0 Å². The topological polar surface area (TPSA) is 34.1 Å². The first-order chi connectivity index (χ1) is 7.92. The average molecular weight is 236 g/mol. The first-order valence-corrected chi connectivity index (χ1v) is 6.45. The Morgan fingerprint density at radius 2 is 2.31 bits per heavy atom. The van der Waals surface area contributed by atoms with Crippen LogP contribution in [0, 0.1) is 0 Å². The molecule has 0 saturated carbocycles. The maximum atomic E-state index is 5.66. The highest BCUT2D eigenvalue weighted by Gasteiger charge is 2.03. The van der Waals surface area contributed by atoms with Crippen LogP contribution in [0.2, 0.25) is 0 Å². The standard InChI is InChI=1S/C12H16N2OS/c1-2-5-13-7-8-15-12-10-4-9-16-11(10)3-6-14-12/h3-4,6,9,13H,2,5,7-8H2,1H3. The minimum atomic E-state index is 0.669. The SMILES string of the molecule is CCCNCCOc1nccc2sccc12. The van der Waals surface area contributed by atoms with Gasteiger partial charge < -0.3 is 10.1 Å². The molecule has 0 aliphatic rings. The highest BCUT2D eigenvalue weighted by Crippen LogP contribution is 2.27. The van der Waals surface area contributed by atoms with Gasteiger partial charge in [0.05, 0.1) is 5.39 Å². The number of nitrogens with one attached hydrogen (secondary N) is 1. The molecule has 4 heteroatoms. The van der Waals surface area contributed by atoms with E-state index in [-0.39, 0.29) is 0 Å².